The largest absolute Gasteiger partial charge is 0.352 e. The van der Waals surface area contributed by atoms with Crippen LogP contribution in [0, 0.1) is 18.8 Å². The summed E-state index contributed by atoms with van der Waals surface area (Å²) in [6, 6.07) is 5.33. The highest BCUT2D eigenvalue weighted by Gasteiger charge is 2.47. The second-order valence-corrected chi connectivity index (χ2v) is 5.37. The van der Waals surface area contributed by atoms with Gasteiger partial charge in [-0.2, -0.15) is 0 Å². The maximum Gasteiger partial charge on any atom is 0.228 e. The van der Waals surface area contributed by atoms with E-state index in [2.05, 4.69) is 17.2 Å². The summed E-state index contributed by atoms with van der Waals surface area (Å²) in [5.74, 6) is -0.699. The Bertz CT molecular complexity index is 557. The van der Waals surface area contributed by atoms with Crippen molar-refractivity contribution in [1.29, 1.82) is 0 Å². The second-order valence-electron chi connectivity index (χ2n) is 4.93. The Morgan fingerprint density at radius 2 is 2.10 bits per heavy atom. The fraction of sp³-hybridized carbons (Fsp3) is 0.333. The molecule has 2 N–H and O–H groups in total. The Labute approximate surface area is 123 Å². The topological polar surface area (TPSA) is 58.2 Å². The van der Waals surface area contributed by atoms with Gasteiger partial charge in [-0.15, -0.1) is 6.58 Å². The van der Waals surface area contributed by atoms with Gasteiger partial charge in [-0.3, -0.25) is 9.59 Å². The van der Waals surface area contributed by atoms with Crippen LogP contribution in [0.15, 0.2) is 30.9 Å². The fourth-order valence-electron chi connectivity index (χ4n) is 2.03. The number of benzene rings is 1. The van der Waals surface area contributed by atoms with Gasteiger partial charge in [-0.05, 0) is 31.0 Å². The molecule has 106 valence electrons. The monoisotopic (exact) mass is 292 g/mol. The number of anilines is 1. The number of nitrogens with one attached hydrogen (secondary N) is 2. The fourth-order valence-corrected chi connectivity index (χ4v) is 2.20. The van der Waals surface area contributed by atoms with Crippen LogP contribution < -0.4 is 10.6 Å². The molecule has 2 amide bonds. The van der Waals surface area contributed by atoms with Crippen molar-refractivity contribution in [2.75, 3.05) is 11.9 Å². The van der Waals surface area contributed by atoms with Gasteiger partial charge >= 0.3 is 0 Å². The van der Waals surface area contributed by atoms with E-state index >= 15 is 0 Å². The van der Waals surface area contributed by atoms with E-state index in [9.17, 15) is 9.59 Å². The van der Waals surface area contributed by atoms with Crippen molar-refractivity contribution in [3.8, 4) is 0 Å². The molecule has 0 saturated heterocycles. The van der Waals surface area contributed by atoms with Crippen LogP contribution in [0.5, 0.6) is 0 Å². The minimum atomic E-state index is -0.252. The number of aryl methyl sites for hydroxylation is 1. The summed E-state index contributed by atoms with van der Waals surface area (Å²) in [5.41, 5.74) is 1.63. The molecule has 4 nitrogen and oxygen atoms in total. The highest BCUT2D eigenvalue weighted by molar-refractivity contribution is 6.31. The van der Waals surface area contributed by atoms with Crippen LogP contribution in [0.2, 0.25) is 5.02 Å². The van der Waals surface area contributed by atoms with Gasteiger partial charge in [-0.25, -0.2) is 0 Å². The normalized spacial score (nSPS) is 20.1. The van der Waals surface area contributed by atoms with Gasteiger partial charge in [0.25, 0.3) is 0 Å². The molecule has 5 heteroatoms. The molecule has 1 aliphatic carbocycles. The molecule has 0 spiro atoms. The average Bonchev–Trinajstić information content (AvgIpc) is 3.20. The molecule has 2 atom stereocenters. The summed E-state index contributed by atoms with van der Waals surface area (Å²) in [6.45, 7) is 5.86. The van der Waals surface area contributed by atoms with Crippen LogP contribution in [0.1, 0.15) is 12.0 Å². The van der Waals surface area contributed by atoms with Crippen LogP contribution in [-0.4, -0.2) is 18.4 Å². The third-order valence-corrected chi connectivity index (χ3v) is 3.58. The Morgan fingerprint density at radius 1 is 1.40 bits per heavy atom. The first kappa shape index (κ1) is 14.6. The highest BCUT2D eigenvalue weighted by atomic mass is 35.5. The smallest absolute Gasteiger partial charge is 0.228 e. The van der Waals surface area contributed by atoms with E-state index in [0.717, 1.165) is 5.56 Å². The SMILES string of the molecule is C=CCNC(=O)C1CC1C(=O)Nc1cc(Cl)ccc1C. The third-order valence-electron chi connectivity index (χ3n) is 3.34. The Hall–Kier alpha value is -1.81. The maximum atomic E-state index is 12.1. The molecular weight excluding hydrogens is 276 g/mol. The maximum absolute atomic E-state index is 12.1. The zero-order chi connectivity index (χ0) is 14.7. The van der Waals surface area contributed by atoms with Crippen LogP contribution in [-0.2, 0) is 9.59 Å². The van der Waals surface area contributed by atoms with Crippen molar-refractivity contribution in [2.24, 2.45) is 11.8 Å². The van der Waals surface area contributed by atoms with Crippen molar-refractivity contribution < 1.29 is 9.59 Å². The lowest BCUT2D eigenvalue weighted by Gasteiger charge is -2.08. The highest BCUT2D eigenvalue weighted by Crippen LogP contribution is 2.39. The summed E-state index contributed by atoms with van der Waals surface area (Å²) in [4.78, 5) is 23.8. The van der Waals surface area contributed by atoms with Gasteiger partial charge in [0.2, 0.25) is 11.8 Å². The van der Waals surface area contributed by atoms with E-state index in [1.165, 1.54) is 0 Å². The van der Waals surface area contributed by atoms with Crippen molar-refractivity contribution in [2.45, 2.75) is 13.3 Å². The molecule has 0 aromatic heterocycles. The van der Waals surface area contributed by atoms with Crippen LogP contribution >= 0.6 is 11.6 Å². The van der Waals surface area contributed by atoms with Gasteiger partial charge in [0.1, 0.15) is 0 Å². The first-order chi connectivity index (χ1) is 9.52. The lowest BCUT2D eigenvalue weighted by atomic mass is 10.2. The molecule has 0 radical (unpaired) electrons. The number of hydrogen-bond donors (Lipinski definition) is 2. The standard InChI is InChI=1S/C15H17ClN2O2/c1-3-6-17-14(19)11-8-12(11)15(20)18-13-7-10(16)5-4-9(13)2/h3-5,7,11-12H,1,6,8H2,2H3,(H,17,19)(H,18,20). The van der Waals surface area contributed by atoms with Crippen LogP contribution in [0.25, 0.3) is 0 Å². The molecule has 0 bridgehead atoms. The minimum absolute atomic E-state index is 0.0899. The van der Waals surface area contributed by atoms with E-state index in [4.69, 9.17) is 11.6 Å². The Morgan fingerprint density at radius 3 is 2.80 bits per heavy atom. The first-order valence-corrected chi connectivity index (χ1v) is 6.86. The number of rotatable bonds is 5. The Balaban J connectivity index is 1.92. The van der Waals surface area contributed by atoms with E-state index in [-0.39, 0.29) is 23.7 Å². The summed E-state index contributed by atoms with van der Waals surface area (Å²) in [7, 11) is 0. The number of hydrogen-bond acceptors (Lipinski definition) is 2. The molecule has 1 aromatic carbocycles. The molecule has 0 heterocycles. The van der Waals surface area contributed by atoms with E-state index in [1.807, 2.05) is 13.0 Å². The lowest BCUT2D eigenvalue weighted by molar-refractivity contribution is -0.125. The van der Waals surface area contributed by atoms with Crippen LogP contribution in [0.3, 0.4) is 0 Å². The van der Waals surface area contributed by atoms with Crippen molar-refractivity contribution >= 4 is 29.1 Å². The summed E-state index contributed by atoms with van der Waals surface area (Å²) in [5, 5.41) is 6.11. The van der Waals surface area contributed by atoms with Crippen molar-refractivity contribution in [1.82, 2.24) is 5.32 Å². The second kappa shape index (κ2) is 6.09. The number of halogens is 1. The molecule has 1 saturated carbocycles. The van der Waals surface area contributed by atoms with Crippen LogP contribution in [0.4, 0.5) is 5.69 Å². The molecule has 20 heavy (non-hydrogen) atoms. The molecule has 0 aliphatic heterocycles. The number of carbonyl (C=O) groups excluding carboxylic acids is 2. The number of carbonyl (C=O) groups is 2. The van der Waals surface area contributed by atoms with Gasteiger partial charge in [0.15, 0.2) is 0 Å². The lowest BCUT2D eigenvalue weighted by Crippen LogP contribution is -2.27. The van der Waals surface area contributed by atoms with E-state index < -0.39 is 0 Å². The predicted molar refractivity (Wildman–Crippen MR) is 79.6 cm³/mol. The first-order valence-electron chi connectivity index (χ1n) is 6.48. The summed E-state index contributed by atoms with van der Waals surface area (Å²) >= 11 is 5.91. The minimum Gasteiger partial charge on any atom is -0.352 e. The van der Waals surface area contributed by atoms with Crippen molar-refractivity contribution in [3.05, 3.63) is 41.4 Å². The molecule has 1 aliphatic rings. The molecule has 2 unspecified atom stereocenters. The van der Waals surface area contributed by atoms with Gasteiger partial charge in [0, 0.05) is 17.3 Å². The van der Waals surface area contributed by atoms with Crippen molar-refractivity contribution in [3.63, 3.8) is 0 Å². The average molecular weight is 293 g/mol. The van der Waals surface area contributed by atoms with E-state index in [1.54, 1.807) is 18.2 Å². The Kier molecular flexibility index (Phi) is 4.45. The van der Waals surface area contributed by atoms with Gasteiger partial charge in [-0.1, -0.05) is 23.7 Å². The third kappa shape index (κ3) is 3.39. The zero-order valence-corrected chi connectivity index (χ0v) is 12.0. The number of amides is 2. The molecule has 2 rings (SSSR count). The zero-order valence-electron chi connectivity index (χ0n) is 11.3. The molecule has 1 fully saturated rings. The summed E-state index contributed by atoms with van der Waals surface area (Å²) < 4.78 is 0. The van der Waals surface area contributed by atoms with Gasteiger partial charge < -0.3 is 10.6 Å². The molecular formula is C15H17ClN2O2. The molecule has 1 aromatic rings. The van der Waals surface area contributed by atoms with E-state index in [0.29, 0.717) is 23.7 Å². The quantitative estimate of drug-likeness (QED) is 0.819. The van der Waals surface area contributed by atoms with Gasteiger partial charge in [0.05, 0.1) is 11.8 Å². The predicted octanol–water partition coefficient (Wildman–Crippen LogP) is 2.53. The summed E-state index contributed by atoms with van der Waals surface area (Å²) in [6.07, 6.45) is 2.21.